The van der Waals surface area contributed by atoms with Crippen LogP contribution in [0.2, 0.25) is 0 Å². The summed E-state index contributed by atoms with van der Waals surface area (Å²) in [6, 6.07) is 38.2. The summed E-state index contributed by atoms with van der Waals surface area (Å²) in [6.07, 6.45) is 3.68. The van der Waals surface area contributed by atoms with E-state index in [1.165, 1.54) is 27.6 Å². The number of hydrogen-bond donors (Lipinski definition) is 0. The van der Waals surface area contributed by atoms with E-state index in [2.05, 4.69) is 114 Å². The average Bonchev–Trinajstić information content (AvgIpc) is 3.24. The van der Waals surface area contributed by atoms with Crippen LogP contribution in [0.15, 0.2) is 120 Å². The Hall–Kier alpha value is -4.17. The lowest BCUT2D eigenvalue weighted by Gasteiger charge is -2.06. The SMILES string of the molecule is c1ccc(Cc2ccnc(-c3ccc4oc5cccc(Cc6ccccc6)c5c4c3)c2)cc1. The third kappa shape index (κ3) is 3.92. The largest absolute Gasteiger partial charge is 0.456 e. The van der Waals surface area contributed by atoms with Crippen molar-refractivity contribution in [1.29, 1.82) is 0 Å². The van der Waals surface area contributed by atoms with E-state index in [0.717, 1.165) is 40.7 Å². The van der Waals surface area contributed by atoms with Crippen LogP contribution in [-0.2, 0) is 12.8 Å². The van der Waals surface area contributed by atoms with Gasteiger partial charge >= 0.3 is 0 Å². The summed E-state index contributed by atoms with van der Waals surface area (Å²) in [7, 11) is 0. The first-order chi connectivity index (χ1) is 16.3. The Bertz CT molecular complexity index is 1550. The highest BCUT2D eigenvalue weighted by Crippen LogP contribution is 2.35. The Labute approximate surface area is 193 Å². The first kappa shape index (κ1) is 19.5. The monoisotopic (exact) mass is 425 g/mol. The molecular weight excluding hydrogens is 402 g/mol. The number of benzene rings is 4. The summed E-state index contributed by atoms with van der Waals surface area (Å²) < 4.78 is 6.20. The summed E-state index contributed by atoms with van der Waals surface area (Å²) in [5.41, 5.74) is 9.07. The van der Waals surface area contributed by atoms with Gasteiger partial charge in [-0.3, -0.25) is 4.98 Å². The van der Waals surface area contributed by atoms with Gasteiger partial charge in [0.1, 0.15) is 11.2 Å². The summed E-state index contributed by atoms with van der Waals surface area (Å²) in [4.78, 5) is 4.68. The third-order valence-corrected chi connectivity index (χ3v) is 6.19. The molecule has 2 nitrogen and oxygen atoms in total. The zero-order valence-corrected chi connectivity index (χ0v) is 18.2. The lowest BCUT2D eigenvalue weighted by molar-refractivity contribution is 0.669. The molecule has 158 valence electrons. The molecule has 0 N–H and O–H groups in total. The molecule has 0 saturated heterocycles. The minimum Gasteiger partial charge on any atom is -0.456 e. The van der Waals surface area contributed by atoms with E-state index in [4.69, 9.17) is 4.42 Å². The molecule has 6 aromatic rings. The maximum Gasteiger partial charge on any atom is 0.135 e. The fraction of sp³-hybridized carbons (Fsp3) is 0.0645. The van der Waals surface area contributed by atoms with Gasteiger partial charge in [-0.05, 0) is 71.5 Å². The van der Waals surface area contributed by atoms with Crippen LogP contribution >= 0.6 is 0 Å². The number of aromatic nitrogens is 1. The molecule has 2 heteroatoms. The molecule has 0 aliphatic heterocycles. The van der Waals surface area contributed by atoms with Gasteiger partial charge in [0.15, 0.2) is 0 Å². The lowest BCUT2D eigenvalue weighted by Crippen LogP contribution is -1.91. The second kappa shape index (κ2) is 8.40. The number of hydrogen-bond acceptors (Lipinski definition) is 2. The number of pyridine rings is 1. The molecular formula is C31H23NO. The Morgan fingerprint density at radius 3 is 2.12 bits per heavy atom. The Morgan fingerprint density at radius 2 is 1.33 bits per heavy atom. The summed E-state index contributed by atoms with van der Waals surface area (Å²) in [5, 5.41) is 2.34. The molecule has 2 aromatic heterocycles. The van der Waals surface area contributed by atoms with Crippen LogP contribution in [0.5, 0.6) is 0 Å². The van der Waals surface area contributed by atoms with E-state index in [1.807, 2.05) is 6.20 Å². The predicted octanol–water partition coefficient (Wildman–Crippen LogP) is 7.83. The van der Waals surface area contributed by atoms with Gasteiger partial charge in [-0.15, -0.1) is 0 Å². The molecule has 0 bridgehead atoms. The molecule has 0 atom stereocenters. The molecule has 0 spiro atoms. The van der Waals surface area contributed by atoms with Crippen molar-refractivity contribution in [3.8, 4) is 11.3 Å². The number of rotatable bonds is 5. The van der Waals surface area contributed by atoms with Crippen molar-refractivity contribution >= 4 is 21.9 Å². The second-order valence-corrected chi connectivity index (χ2v) is 8.48. The molecule has 33 heavy (non-hydrogen) atoms. The van der Waals surface area contributed by atoms with Crippen molar-refractivity contribution in [1.82, 2.24) is 4.98 Å². The van der Waals surface area contributed by atoms with E-state index in [-0.39, 0.29) is 0 Å². The van der Waals surface area contributed by atoms with E-state index in [0.29, 0.717) is 0 Å². The maximum atomic E-state index is 6.20. The van der Waals surface area contributed by atoms with Gasteiger partial charge in [-0.1, -0.05) is 72.8 Å². The summed E-state index contributed by atoms with van der Waals surface area (Å²) in [6.45, 7) is 0. The van der Waals surface area contributed by atoms with Gasteiger partial charge in [0.25, 0.3) is 0 Å². The lowest BCUT2D eigenvalue weighted by atomic mass is 9.98. The molecule has 0 radical (unpaired) electrons. The van der Waals surface area contributed by atoms with Crippen LogP contribution in [0, 0.1) is 0 Å². The van der Waals surface area contributed by atoms with E-state index in [1.54, 1.807) is 0 Å². The highest BCUT2D eigenvalue weighted by molar-refractivity contribution is 6.08. The summed E-state index contributed by atoms with van der Waals surface area (Å²) in [5.74, 6) is 0. The molecule has 0 unspecified atom stereocenters. The first-order valence-electron chi connectivity index (χ1n) is 11.3. The quantitative estimate of drug-likeness (QED) is 0.281. The normalized spacial score (nSPS) is 11.3. The van der Waals surface area contributed by atoms with Crippen LogP contribution in [0.1, 0.15) is 22.3 Å². The smallest absolute Gasteiger partial charge is 0.135 e. The van der Waals surface area contributed by atoms with Crippen LogP contribution in [0.25, 0.3) is 33.2 Å². The van der Waals surface area contributed by atoms with Gasteiger partial charge in [-0.25, -0.2) is 0 Å². The molecule has 4 aromatic carbocycles. The van der Waals surface area contributed by atoms with Crippen molar-refractivity contribution < 1.29 is 4.42 Å². The fourth-order valence-corrected chi connectivity index (χ4v) is 4.60. The standard InChI is InChI=1S/C31H23NO/c1-3-8-22(9-4-1)18-24-16-17-32-28(20-24)25-14-15-29-27(21-25)31-26(12-7-13-30(31)33-29)19-23-10-5-2-6-11-23/h1-17,20-21H,18-19H2. The maximum absolute atomic E-state index is 6.20. The van der Waals surface area contributed by atoms with Crippen molar-refractivity contribution in [3.63, 3.8) is 0 Å². The Kier molecular flexibility index (Phi) is 4.97. The van der Waals surface area contributed by atoms with E-state index in [9.17, 15) is 0 Å². The molecule has 0 saturated carbocycles. The number of nitrogens with zero attached hydrogens (tertiary/aromatic N) is 1. The topological polar surface area (TPSA) is 26.0 Å². The van der Waals surface area contributed by atoms with E-state index < -0.39 is 0 Å². The first-order valence-corrected chi connectivity index (χ1v) is 11.3. The zero-order chi connectivity index (χ0) is 22.0. The zero-order valence-electron chi connectivity index (χ0n) is 18.2. The molecule has 0 aliphatic carbocycles. The van der Waals surface area contributed by atoms with Crippen LogP contribution < -0.4 is 0 Å². The van der Waals surface area contributed by atoms with Crippen LogP contribution in [0.4, 0.5) is 0 Å². The van der Waals surface area contributed by atoms with Gasteiger partial charge in [0.2, 0.25) is 0 Å². The molecule has 0 aliphatic rings. The van der Waals surface area contributed by atoms with E-state index >= 15 is 0 Å². The van der Waals surface area contributed by atoms with Gasteiger partial charge in [-0.2, -0.15) is 0 Å². The van der Waals surface area contributed by atoms with Crippen LogP contribution in [-0.4, -0.2) is 4.98 Å². The van der Waals surface area contributed by atoms with Crippen LogP contribution in [0.3, 0.4) is 0 Å². The molecule has 0 amide bonds. The van der Waals surface area contributed by atoms with Gasteiger partial charge in [0, 0.05) is 22.5 Å². The fourth-order valence-electron chi connectivity index (χ4n) is 4.60. The van der Waals surface area contributed by atoms with Crippen molar-refractivity contribution in [3.05, 3.63) is 138 Å². The summed E-state index contributed by atoms with van der Waals surface area (Å²) >= 11 is 0. The van der Waals surface area contributed by atoms with Crippen molar-refractivity contribution in [2.24, 2.45) is 0 Å². The highest BCUT2D eigenvalue weighted by Gasteiger charge is 2.13. The minimum absolute atomic E-state index is 0.877. The Balaban J connectivity index is 1.42. The molecule has 6 rings (SSSR count). The van der Waals surface area contributed by atoms with Gasteiger partial charge in [0.05, 0.1) is 5.69 Å². The highest BCUT2D eigenvalue weighted by atomic mass is 16.3. The van der Waals surface area contributed by atoms with Crippen molar-refractivity contribution in [2.75, 3.05) is 0 Å². The molecule has 2 heterocycles. The number of fused-ring (bicyclic) bond motifs is 3. The Morgan fingerprint density at radius 1 is 0.576 bits per heavy atom. The third-order valence-electron chi connectivity index (χ3n) is 6.19. The predicted molar refractivity (Wildman–Crippen MR) is 135 cm³/mol. The van der Waals surface area contributed by atoms with Crippen molar-refractivity contribution in [2.45, 2.75) is 12.8 Å². The second-order valence-electron chi connectivity index (χ2n) is 8.48. The number of furan rings is 1. The average molecular weight is 426 g/mol. The minimum atomic E-state index is 0.877. The molecule has 0 fully saturated rings. The van der Waals surface area contributed by atoms with Gasteiger partial charge < -0.3 is 4.42 Å².